The van der Waals surface area contributed by atoms with Crippen molar-refractivity contribution >= 4 is 24.2 Å². The maximum absolute atomic E-state index is 12.4. The molecule has 4 N–H and O–H groups in total. The van der Waals surface area contributed by atoms with Crippen molar-refractivity contribution in [3.63, 3.8) is 0 Å². The number of nitrogens with two attached hydrogens (primary N) is 1. The molecule has 1 rings (SSSR count). The molecule has 0 fully saturated rings. The standard InChI is InChI=1S/C16H25N3O3.ClH/c1-10(2)14(16(21)18-11(3)9-17)19-15(20)12-7-5-6-8-13(12)22-4;/h5-8,10-11,14H,9,17H2,1-4H3,(H,18,21)(H,19,20);1H/t11-,14?;/m0./s1. The molecule has 0 saturated carbocycles. The van der Waals surface area contributed by atoms with Crippen LogP contribution in [0.25, 0.3) is 0 Å². The maximum atomic E-state index is 12.4. The van der Waals surface area contributed by atoms with Gasteiger partial charge < -0.3 is 21.1 Å². The molecule has 2 atom stereocenters. The summed E-state index contributed by atoms with van der Waals surface area (Å²) < 4.78 is 5.17. The Balaban J connectivity index is 0.00000484. The fourth-order valence-electron chi connectivity index (χ4n) is 1.98. The van der Waals surface area contributed by atoms with Crippen molar-refractivity contribution in [2.24, 2.45) is 11.7 Å². The fraction of sp³-hybridized carbons (Fsp3) is 0.500. The number of hydrogen-bond donors (Lipinski definition) is 3. The van der Waals surface area contributed by atoms with Crippen LogP contribution in [0.2, 0.25) is 0 Å². The Kier molecular flexibility index (Phi) is 9.29. The van der Waals surface area contributed by atoms with Crippen LogP contribution in [0.15, 0.2) is 24.3 Å². The molecule has 0 heterocycles. The van der Waals surface area contributed by atoms with Crippen LogP contribution >= 0.6 is 12.4 Å². The van der Waals surface area contributed by atoms with Crippen molar-refractivity contribution in [3.8, 4) is 5.75 Å². The molecule has 1 aromatic carbocycles. The van der Waals surface area contributed by atoms with Gasteiger partial charge in [0.1, 0.15) is 11.8 Å². The van der Waals surface area contributed by atoms with E-state index in [0.717, 1.165) is 0 Å². The van der Waals surface area contributed by atoms with Crippen molar-refractivity contribution in [1.82, 2.24) is 10.6 Å². The van der Waals surface area contributed by atoms with Gasteiger partial charge in [0.25, 0.3) is 5.91 Å². The van der Waals surface area contributed by atoms with Crippen molar-refractivity contribution in [2.45, 2.75) is 32.9 Å². The van der Waals surface area contributed by atoms with Gasteiger partial charge in [-0.3, -0.25) is 9.59 Å². The molecule has 0 saturated heterocycles. The number of halogens is 1. The summed E-state index contributed by atoms with van der Waals surface area (Å²) >= 11 is 0. The largest absolute Gasteiger partial charge is 0.496 e. The third-order valence-corrected chi connectivity index (χ3v) is 3.33. The van der Waals surface area contributed by atoms with Crippen LogP contribution in [0.1, 0.15) is 31.1 Å². The van der Waals surface area contributed by atoms with Crippen LogP contribution in [0, 0.1) is 5.92 Å². The predicted molar refractivity (Wildman–Crippen MR) is 93.0 cm³/mol. The topological polar surface area (TPSA) is 93.4 Å². The Morgan fingerprint density at radius 2 is 1.78 bits per heavy atom. The molecule has 0 aliphatic carbocycles. The van der Waals surface area contributed by atoms with E-state index in [0.29, 0.717) is 17.9 Å². The highest BCUT2D eigenvalue weighted by molar-refractivity contribution is 5.99. The smallest absolute Gasteiger partial charge is 0.255 e. The number of rotatable bonds is 7. The Labute approximate surface area is 143 Å². The summed E-state index contributed by atoms with van der Waals surface area (Å²) in [7, 11) is 1.50. The lowest BCUT2D eigenvalue weighted by atomic mass is 10.0. The highest BCUT2D eigenvalue weighted by Crippen LogP contribution is 2.17. The van der Waals surface area contributed by atoms with Gasteiger partial charge in [0.15, 0.2) is 0 Å². The first-order valence-electron chi connectivity index (χ1n) is 7.35. The molecule has 1 unspecified atom stereocenters. The Morgan fingerprint density at radius 1 is 1.17 bits per heavy atom. The van der Waals surface area contributed by atoms with E-state index in [1.54, 1.807) is 24.3 Å². The summed E-state index contributed by atoms with van der Waals surface area (Å²) in [4.78, 5) is 24.7. The van der Waals surface area contributed by atoms with Gasteiger partial charge in [-0.2, -0.15) is 0 Å². The van der Waals surface area contributed by atoms with Gasteiger partial charge >= 0.3 is 0 Å². The van der Waals surface area contributed by atoms with E-state index in [1.807, 2.05) is 20.8 Å². The zero-order chi connectivity index (χ0) is 16.7. The second-order valence-electron chi connectivity index (χ2n) is 5.54. The van der Waals surface area contributed by atoms with E-state index < -0.39 is 6.04 Å². The van der Waals surface area contributed by atoms with E-state index in [-0.39, 0.29) is 36.2 Å². The molecule has 0 aliphatic heterocycles. The minimum Gasteiger partial charge on any atom is -0.496 e. The van der Waals surface area contributed by atoms with Crippen LogP contribution in [-0.2, 0) is 4.79 Å². The summed E-state index contributed by atoms with van der Waals surface area (Å²) in [5, 5.41) is 5.55. The number of methoxy groups -OCH3 is 1. The molecule has 6 nitrogen and oxygen atoms in total. The van der Waals surface area contributed by atoms with Gasteiger partial charge in [0.2, 0.25) is 5.91 Å². The number of para-hydroxylation sites is 1. The normalized spacial score (nSPS) is 12.8. The quantitative estimate of drug-likeness (QED) is 0.696. The fourth-order valence-corrected chi connectivity index (χ4v) is 1.98. The molecular formula is C16H26ClN3O3. The molecule has 0 bridgehead atoms. The van der Waals surface area contributed by atoms with Crippen LogP contribution < -0.4 is 21.1 Å². The first-order chi connectivity index (χ1) is 10.4. The molecule has 0 aliphatic rings. The zero-order valence-corrected chi connectivity index (χ0v) is 14.8. The minimum absolute atomic E-state index is 0. The van der Waals surface area contributed by atoms with E-state index in [4.69, 9.17) is 10.5 Å². The van der Waals surface area contributed by atoms with Crippen LogP contribution in [-0.4, -0.2) is 37.6 Å². The van der Waals surface area contributed by atoms with Crippen molar-refractivity contribution in [1.29, 1.82) is 0 Å². The van der Waals surface area contributed by atoms with E-state index in [9.17, 15) is 9.59 Å². The first-order valence-corrected chi connectivity index (χ1v) is 7.35. The average molecular weight is 344 g/mol. The highest BCUT2D eigenvalue weighted by atomic mass is 35.5. The number of benzene rings is 1. The molecule has 0 spiro atoms. The van der Waals surface area contributed by atoms with Gasteiger partial charge in [0.05, 0.1) is 12.7 Å². The number of nitrogens with one attached hydrogen (secondary N) is 2. The Bertz CT molecular complexity index is 523. The van der Waals surface area contributed by atoms with Gasteiger partial charge in [-0.25, -0.2) is 0 Å². The van der Waals surface area contributed by atoms with Crippen LogP contribution in [0.4, 0.5) is 0 Å². The summed E-state index contributed by atoms with van der Waals surface area (Å²) in [6.07, 6.45) is 0. The highest BCUT2D eigenvalue weighted by Gasteiger charge is 2.26. The summed E-state index contributed by atoms with van der Waals surface area (Å²) in [6, 6.07) is 6.12. The molecular weight excluding hydrogens is 318 g/mol. The van der Waals surface area contributed by atoms with Gasteiger partial charge in [-0.05, 0) is 25.0 Å². The lowest BCUT2D eigenvalue weighted by molar-refractivity contribution is -0.124. The number of carbonyl (C=O) groups is 2. The number of ether oxygens (including phenoxy) is 1. The lowest BCUT2D eigenvalue weighted by Crippen LogP contribution is -2.52. The second kappa shape index (κ2) is 10.1. The van der Waals surface area contributed by atoms with E-state index in [1.165, 1.54) is 7.11 Å². The molecule has 130 valence electrons. The maximum Gasteiger partial charge on any atom is 0.255 e. The third-order valence-electron chi connectivity index (χ3n) is 3.33. The minimum atomic E-state index is -0.633. The number of carbonyl (C=O) groups excluding carboxylic acids is 2. The molecule has 1 aromatic rings. The number of hydrogen-bond acceptors (Lipinski definition) is 4. The molecule has 0 radical (unpaired) electrons. The first kappa shape index (κ1) is 21.2. The SMILES string of the molecule is COc1ccccc1C(=O)NC(C(=O)N[C@@H](C)CN)C(C)C.Cl. The third kappa shape index (κ3) is 6.08. The van der Waals surface area contributed by atoms with Crippen molar-refractivity contribution < 1.29 is 14.3 Å². The van der Waals surface area contributed by atoms with Crippen LogP contribution in [0.5, 0.6) is 5.75 Å². The van der Waals surface area contributed by atoms with E-state index in [2.05, 4.69) is 10.6 Å². The summed E-state index contributed by atoms with van der Waals surface area (Å²) in [6.45, 7) is 5.91. The van der Waals surface area contributed by atoms with Crippen molar-refractivity contribution in [3.05, 3.63) is 29.8 Å². The van der Waals surface area contributed by atoms with Crippen molar-refractivity contribution in [2.75, 3.05) is 13.7 Å². The Hall–Kier alpha value is -1.79. The zero-order valence-electron chi connectivity index (χ0n) is 14.0. The van der Waals surface area contributed by atoms with Gasteiger partial charge in [-0.1, -0.05) is 26.0 Å². The Morgan fingerprint density at radius 3 is 2.30 bits per heavy atom. The second-order valence-corrected chi connectivity index (χ2v) is 5.54. The van der Waals surface area contributed by atoms with E-state index >= 15 is 0 Å². The van der Waals surface area contributed by atoms with Gasteiger partial charge in [0, 0.05) is 12.6 Å². The van der Waals surface area contributed by atoms with Gasteiger partial charge in [-0.15, -0.1) is 12.4 Å². The lowest BCUT2D eigenvalue weighted by Gasteiger charge is -2.24. The average Bonchev–Trinajstić information content (AvgIpc) is 2.51. The summed E-state index contributed by atoms with van der Waals surface area (Å²) in [5.41, 5.74) is 5.91. The molecule has 2 amide bonds. The van der Waals surface area contributed by atoms with Crippen LogP contribution in [0.3, 0.4) is 0 Å². The molecule has 23 heavy (non-hydrogen) atoms. The monoisotopic (exact) mass is 343 g/mol. The molecule has 0 aromatic heterocycles. The number of amides is 2. The molecule has 7 heteroatoms. The summed E-state index contributed by atoms with van der Waals surface area (Å²) in [5.74, 6) is -0.162. The predicted octanol–water partition coefficient (Wildman–Crippen LogP) is 1.33.